The fraction of sp³-hybridized carbons (Fsp3) is 0.0588. The number of rotatable bonds is 3. The standard InChI is InChI=1S/C17H14N4O/c1-22-14-9-7-12(8-10-14)16-15(11-18)20-21(17(16)19)13-5-3-2-4-6-13/h2-10H,19H2,1H3. The van der Waals surface area contributed by atoms with Crippen LogP contribution in [0.2, 0.25) is 0 Å². The third-order valence-corrected chi connectivity index (χ3v) is 3.41. The van der Waals surface area contributed by atoms with E-state index in [0.29, 0.717) is 17.1 Å². The van der Waals surface area contributed by atoms with Crippen LogP contribution in [0.4, 0.5) is 5.82 Å². The SMILES string of the molecule is COc1ccc(-c2c(C#N)nn(-c3ccccc3)c2N)cc1. The molecule has 1 heterocycles. The van der Waals surface area contributed by atoms with E-state index in [2.05, 4.69) is 11.2 Å². The van der Waals surface area contributed by atoms with Gasteiger partial charge in [-0.1, -0.05) is 30.3 Å². The molecule has 108 valence electrons. The first-order valence-electron chi connectivity index (χ1n) is 6.73. The smallest absolute Gasteiger partial charge is 0.172 e. The van der Waals surface area contributed by atoms with Crippen LogP contribution in [0.1, 0.15) is 5.69 Å². The molecule has 0 unspecified atom stereocenters. The second-order valence-corrected chi connectivity index (χ2v) is 4.70. The van der Waals surface area contributed by atoms with Crippen molar-refractivity contribution in [2.24, 2.45) is 0 Å². The lowest BCUT2D eigenvalue weighted by atomic mass is 10.1. The Hall–Kier alpha value is -3.26. The minimum Gasteiger partial charge on any atom is -0.497 e. The Labute approximate surface area is 128 Å². The topological polar surface area (TPSA) is 76.9 Å². The van der Waals surface area contributed by atoms with Crippen LogP contribution in [0.3, 0.4) is 0 Å². The fourth-order valence-electron chi connectivity index (χ4n) is 2.32. The van der Waals surface area contributed by atoms with E-state index in [9.17, 15) is 5.26 Å². The van der Waals surface area contributed by atoms with Gasteiger partial charge in [0.2, 0.25) is 0 Å². The van der Waals surface area contributed by atoms with Crippen molar-refractivity contribution in [1.29, 1.82) is 5.26 Å². The van der Waals surface area contributed by atoms with E-state index in [0.717, 1.165) is 17.0 Å². The van der Waals surface area contributed by atoms with Crippen molar-refractivity contribution in [3.8, 4) is 28.6 Å². The van der Waals surface area contributed by atoms with Gasteiger partial charge in [0.25, 0.3) is 0 Å². The number of aromatic nitrogens is 2. The van der Waals surface area contributed by atoms with Crippen LogP contribution in [0, 0.1) is 11.3 Å². The molecular formula is C17H14N4O. The number of nitrogens with zero attached hydrogens (tertiary/aromatic N) is 3. The number of nitriles is 1. The molecule has 0 amide bonds. The molecule has 0 aliphatic carbocycles. The summed E-state index contributed by atoms with van der Waals surface area (Å²) in [6.07, 6.45) is 0. The van der Waals surface area contributed by atoms with E-state index in [1.165, 1.54) is 0 Å². The predicted octanol–water partition coefficient (Wildman–Crippen LogP) is 3.00. The van der Waals surface area contributed by atoms with Crippen LogP contribution in [0.25, 0.3) is 16.8 Å². The highest BCUT2D eigenvalue weighted by molar-refractivity contribution is 5.80. The number of benzene rings is 2. The molecule has 0 saturated heterocycles. The van der Waals surface area contributed by atoms with Crippen LogP contribution in [0.5, 0.6) is 5.75 Å². The molecule has 0 spiro atoms. The number of ether oxygens (including phenoxy) is 1. The van der Waals surface area contributed by atoms with Gasteiger partial charge in [0, 0.05) is 0 Å². The van der Waals surface area contributed by atoms with E-state index in [1.807, 2.05) is 54.6 Å². The molecule has 3 aromatic rings. The van der Waals surface area contributed by atoms with Crippen LogP contribution >= 0.6 is 0 Å². The van der Waals surface area contributed by atoms with Gasteiger partial charge in [0.1, 0.15) is 17.6 Å². The molecule has 3 rings (SSSR count). The lowest BCUT2D eigenvalue weighted by Crippen LogP contribution is -2.01. The van der Waals surface area contributed by atoms with Gasteiger partial charge >= 0.3 is 0 Å². The molecule has 2 N–H and O–H groups in total. The molecule has 0 atom stereocenters. The van der Waals surface area contributed by atoms with Crippen molar-refractivity contribution < 1.29 is 4.74 Å². The van der Waals surface area contributed by atoms with Crippen molar-refractivity contribution in [3.05, 3.63) is 60.3 Å². The molecule has 5 nitrogen and oxygen atoms in total. The zero-order valence-corrected chi connectivity index (χ0v) is 12.0. The number of hydrogen-bond donors (Lipinski definition) is 1. The lowest BCUT2D eigenvalue weighted by Gasteiger charge is -2.05. The highest BCUT2D eigenvalue weighted by atomic mass is 16.5. The van der Waals surface area contributed by atoms with E-state index in [4.69, 9.17) is 10.5 Å². The summed E-state index contributed by atoms with van der Waals surface area (Å²) >= 11 is 0. The number of para-hydroxylation sites is 1. The summed E-state index contributed by atoms with van der Waals surface area (Å²) in [6.45, 7) is 0. The van der Waals surface area contributed by atoms with Crippen LogP contribution in [0.15, 0.2) is 54.6 Å². The van der Waals surface area contributed by atoms with Crippen molar-refractivity contribution >= 4 is 5.82 Å². The third-order valence-electron chi connectivity index (χ3n) is 3.41. The molecule has 2 aromatic carbocycles. The maximum absolute atomic E-state index is 9.36. The first kappa shape index (κ1) is 13.7. The zero-order chi connectivity index (χ0) is 15.5. The van der Waals surface area contributed by atoms with E-state index in [1.54, 1.807) is 11.8 Å². The van der Waals surface area contributed by atoms with E-state index in [-0.39, 0.29) is 0 Å². The maximum Gasteiger partial charge on any atom is 0.172 e. The minimum atomic E-state index is 0.298. The molecule has 0 aliphatic rings. The second-order valence-electron chi connectivity index (χ2n) is 4.70. The summed E-state index contributed by atoms with van der Waals surface area (Å²) in [5.41, 5.74) is 8.81. The van der Waals surface area contributed by atoms with Crippen molar-refractivity contribution in [1.82, 2.24) is 9.78 Å². The van der Waals surface area contributed by atoms with E-state index < -0.39 is 0 Å². The Morgan fingerprint density at radius 2 is 1.77 bits per heavy atom. The fourth-order valence-corrected chi connectivity index (χ4v) is 2.32. The number of nitrogens with two attached hydrogens (primary N) is 1. The van der Waals surface area contributed by atoms with Gasteiger partial charge in [-0.25, -0.2) is 4.68 Å². The Kier molecular flexibility index (Phi) is 3.50. The number of methoxy groups -OCH3 is 1. The quantitative estimate of drug-likeness (QED) is 0.804. The van der Waals surface area contributed by atoms with Crippen LogP contribution in [-0.2, 0) is 0 Å². The highest BCUT2D eigenvalue weighted by Gasteiger charge is 2.18. The minimum absolute atomic E-state index is 0.298. The zero-order valence-electron chi connectivity index (χ0n) is 12.0. The normalized spacial score (nSPS) is 10.2. The van der Waals surface area contributed by atoms with Crippen molar-refractivity contribution in [2.75, 3.05) is 12.8 Å². The summed E-state index contributed by atoms with van der Waals surface area (Å²) in [6, 6.07) is 19.0. The Bertz CT molecular complexity index is 830. The van der Waals surface area contributed by atoms with Crippen molar-refractivity contribution in [2.45, 2.75) is 0 Å². The van der Waals surface area contributed by atoms with E-state index >= 15 is 0 Å². The molecule has 0 fully saturated rings. The number of nitrogen functional groups attached to an aromatic ring is 1. The molecule has 0 radical (unpaired) electrons. The largest absolute Gasteiger partial charge is 0.497 e. The molecular weight excluding hydrogens is 276 g/mol. The molecule has 0 bridgehead atoms. The maximum atomic E-state index is 9.36. The summed E-state index contributed by atoms with van der Waals surface area (Å²) in [5.74, 6) is 1.18. The van der Waals surface area contributed by atoms with Gasteiger partial charge in [-0.05, 0) is 29.8 Å². The Morgan fingerprint density at radius 1 is 1.09 bits per heavy atom. The van der Waals surface area contributed by atoms with Gasteiger partial charge in [0.15, 0.2) is 5.69 Å². The lowest BCUT2D eigenvalue weighted by molar-refractivity contribution is 0.415. The van der Waals surface area contributed by atoms with Crippen molar-refractivity contribution in [3.63, 3.8) is 0 Å². The summed E-state index contributed by atoms with van der Waals surface area (Å²) in [4.78, 5) is 0. The first-order chi connectivity index (χ1) is 10.7. The number of anilines is 1. The summed E-state index contributed by atoms with van der Waals surface area (Å²) < 4.78 is 6.73. The van der Waals surface area contributed by atoms with Crippen LogP contribution < -0.4 is 10.5 Å². The highest BCUT2D eigenvalue weighted by Crippen LogP contribution is 2.32. The number of hydrogen-bond acceptors (Lipinski definition) is 4. The average Bonchev–Trinajstić information content (AvgIpc) is 2.92. The van der Waals surface area contributed by atoms with Gasteiger partial charge in [-0.3, -0.25) is 0 Å². The molecule has 0 saturated carbocycles. The molecule has 1 aromatic heterocycles. The second kappa shape index (κ2) is 5.62. The Balaban J connectivity index is 2.15. The predicted molar refractivity (Wildman–Crippen MR) is 84.7 cm³/mol. The average molecular weight is 290 g/mol. The third kappa shape index (κ3) is 2.27. The Morgan fingerprint density at radius 3 is 2.36 bits per heavy atom. The molecule has 22 heavy (non-hydrogen) atoms. The van der Waals surface area contributed by atoms with Gasteiger partial charge in [0.05, 0.1) is 18.4 Å². The molecule has 0 aliphatic heterocycles. The van der Waals surface area contributed by atoms with Gasteiger partial charge in [-0.2, -0.15) is 10.4 Å². The van der Waals surface area contributed by atoms with Gasteiger partial charge < -0.3 is 10.5 Å². The summed E-state index contributed by atoms with van der Waals surface area (Å²) in [5, 5.41) is 13.7. The molecule has 5 heteroatoms. The monoisotopic (exact) mass is 290 g/mol. The van der Waals surface area contributed by atoms with Gasteiger partial charge in [-0.15, -0.1) is 0 Å². The first-order valence-corrected chi connectivity index (χ1v) is 6.73. The van der Waals surface area contributed by atoms with Crippen LogP contribution in [-0.4, -0.2) is 16.9 Å². The summed E-state index contributed by atoms with van der Waals surface area (Å²) in [7, 11) is 1.61.